The Kier molecular flexibility index (Phi) is 6.52. The molecule has 2 aromatic rings. The number of hydrogen-bond donors (Lipinski definition) is 1. The summed E-state index contributed by atoms with van der Waals surface area (Å²) in [5.41, 5.74) is 2.67. The van der Waals surface area contributed by atoms with Gasteiger partial charge in [-0.05, 0) is 30.7 Å². The second kappa shape index (κ2) is 9.26. The molecule has 0 saturated carbocycles. The van der Waals surface area contributed by atoms with Crippen molar-refractivity contribution >= 4 is 17.3 Å². The number of benzene rings is 1. The van der Waals surface area contributed by atoms with Crippen LogP contribution in [0.25, 0.3) is 0 Å². The summed E-state index contributed by atoms with van der Waals surface area (Å²) in [5, 5.41) is 2.90. The van der Waals surface area contributed by atoms with Gasteiger partial charge in [0, 0.05) is 32.7 Å². The van der Waals surface area contributed by atoms with E-state index < -0.39 is 0 Å². The average Bonchev–Trinajstić information content (AvgIpc) is 2.74. The molecule has 1 aromatic carbocycles. The summed E-state index contributed by atoms with van der Waals surface area (Å²) in [7, 11) is 1.71. The Labute approximate surface area is 161 Å². The summed E-state index contributed by atoms with van der Waals surface area (Å²) in [6.45, 7) is 6.44. The van der Waals surface area contributed by atoms with Crippen molar-refractivity contribution in [1.82, 2.24) is 10.3 Å². The smallest absolute Gasteiger partial charge is 0.269 e. The first-order chi connectivity index (χ1) is 13.2. The minimum Gasteiger partial charge on any atom is -0.495 e. The van der Waals surface area contributed by atoms with Crippen molar-refractivity contribution in [3.63, 3.8) is 0 Å². The van der Waals surface area contributed by atoms with Gasteiger partial charge < -0.3 is 19.9 Å². The number of unbranched alkanes of at least 4 members (excludes halogenated alkanes) is 1. The van der Waals surface area contributed by atoms with Crippen molar-refractivity contribution in [3.8, 4) is 5.75 Å². The number of pyridine rings is 1. The largest absolute Gasteiger partial charge is 0.495 e. The van der Waals surface area contributed by atoms with Crippen LogP contribution < -0.4 is 19.9 Å². The van der Waals surface area contributed by atoms with Gasteiger partial charge in [0.15, 0.2) is 0 Å². The van der Waals surface area contributed by atoms with E-state index in [1.54, 1.807) is 13.3 Å². The lowest BCUT2D eigenvalue weighted by molar-refractivity contribution is 0.0948. The highest BCUT2D eigenvalue weighted by atomic mass is 16.5. The number of aromatic nitrogens is 1. The van der Waals surface area contributed by atoms with Crippen LogP contribution in [-0.4, -0.2) is 50.7 Å². The van der Waals surface area contributed by atoms with Crippen LogP contribution in [0.4, 0.5) is 11.4 Å². The summed E-state index contributed by atoms with van der Waals surface area (Å²) in [6, 6.07) is 11.9. The number of ether oxygens (including phenoxy) is 1. The van der Waals surface area contributed by atoms with Gasteiger partial charge in [-0.1, -0.05) is 25.5 Å². The molecule has 1 N–H and O–H groups in total. The number of nitrogens with zero attached hydrogens (tertiary/aromatic N) is 3. The molecule has 1 aromatic heterocycles. The molecule has 0 bridgehead atoms. The van der Waals surface area contributed by atoms with Crippen LogP contribution in [0.1, 0.15) is 30.3 Å². The number of hydrogen-bond acceptors (Lipinski definition) is 5. The highest BCUT2D eigenvalue weighted by Crippen LogP contribution is 2.29. The van der Waals surface area contributed by atoms with Gasteiger partial charge in [-0.2, -0.15) is 0 Å². The first-order valence-corrected chi connectivity index (χ1v) is 9.60. The van der Waals surface area contributed by atoms with E-state index in [0.29, 0.717) is 12.2 Å². The molecule has 1 aliphatic rings. The molecule has 1 amide bonds. The molecule has 144 valence electrons. The van der Waals surface area contributed by atoms with Crippen molar-refractivity contribution in [3.05, 3.63) is 48.3 Å². The normalized spacial score (nSPS) is 14.1. The number of carbonyl (C=O) groups excluding carboxylic acids is 1. The zero-order chi connectivity index (χ0) is 19.1. The predicted molar refractivity (Wildman–Crippen MR) is 109 cm³/mol. The van der Waals surface area contributed by atoms with Crippen LogP contribution in [0.15, 0.2) is 42.6 Å². The van der Waals surface area contributed by atoms with E-state index in [2.05, 4.69) is 33.1 Å². The Balaban J connectivity index is 1.57. The molecule has 1 fully saturated rings. The SMILES string of the molecule is CCCCNC(=O)c1ccc(N2CCN(c3ccccc3OC)CC2)cn1. The van der Waals surface area contributed by atoms with Crippen molar-refractivity contribution in [2.24, 2.45) is 0 Å². The van der Waals surface area contributed by atoms with Crippen molar-refractivity contribution in [2.45, 2.75) is 19.8 Å². The molecule has 1 saturated heterocycles. The molecule has 2 heterocycles. The summed E-state index contributed by atoms with van der Waals surface area (Å²) >= 11 is 0. The fraction of sp³-hybridized carbons (Fsp3) is 0.429. The number of rotatable bonds is 7. The third kappa shape index (κ3) is 4.70. The van der Waals surface area contributed by atoms with Crippen LogP contribution in [0.2, 0.25) is 0 Å². The Bertz CT molecular complexity index is 740. The van der Waals surface area contributed by atoms with Crippen molar-refractivity contribution in [1.29, 1.82) is 0 Å². The van der Waals surface area contributed by atoms with Gasteiger partial charge in [0.1, 0.15) is 11.4 Å². The quantitative estimate of drug-likeness (QED) is 0.762. The van der Waals surface area contributed by atoms with Crippen LogP contribution in [-0.2, 0) is 0 Å². The number of nitrogens with one attached hydrogen (secondary N) is 1. The lowest BCUT2D eigenvalue weighted by atomic mass is 10.2. The molecule has 0 aliphatic carbocycles. The highest BCUT2D eigenvalue weighted by molar-refractivity contribution is 5.92. The molecule has 0 radical (unpaired) electrons. The maximum Gasteiger partial charge on any atom is 0.269 e. The lowest BCUT2D eigenvalue weighted by Gasteiger charge is -2.37. The fourth-order valence-electron chi connectivity index (χ4n) is 3.27. The third-order valence-corrected chi connectivity index (χ3v) is 4.87. The van der Waals surface area contributed by atoms with Crippen LogP contribution in [0.3, 0.4) is 0 Å². The maximum atomic E-state index is 12.1. The predicted octanol–water partition coefficient (Wildman–Crippen LogP) is 2.95. The monoisotopic (exact) mass is 368 g/mol. The van der Waals surface area contributed by atoms with E-state index in [1.165, 1.54) is 0 Å². The van der Waals surface area contributed by atoms with E-state index in [9.17, 15) is 4.79 Å². The number of para-hydroxylation sites is 2. The van der Waals surface area contributed by atoms with E-state index in [0.717, 1.165) is 56.1 Å². The molecule has 27 heavy (non-hydrogen) atoms. The molecule has 6 nitrogen and oxygen atoms in total. The van der Waals surface area contributed by atoms with E-state index in [4.69, 9.17) is 4.74 Å². The number of methoxy groups -OCH3 is 1. The maximum absolute atomic E-state index is 12.1. The molecular weight excluding hydrogens is 340 g/mol. The summed E-state index contributed by atoms with van der Waals surface area (Å²) in [4.78, 5) is 21.1. The van der Waals surface area contributed by atoms with Crippen LogP contribution in [0, 0.1) is 0 Å². The second-order valence-electron chi connectivity index (χ2n) is 6.66. The van der Waals surface area contributed by atoms with E-state index in [-0.39, 0.29) is 5.91 Å². The molecular formula is C21H28N4O2. The molecule has 0 spiro atoms. The topological polar surface area (TPSA) is 57.7 Å². The molecule has 1 aliphatic heterocycles. The highest BCUT2D eigenvalue weighted by Gasteiger charge is 2.20. The minimum atomic E-state index is -0.101. The summed E-state index contributed by atoms with van der Waals surface area (Å²) < 4.78 is 5.48. The number of carbonyl (C=O) groups is 1. The van der Waals surface area contributed by atoms with Crippen LogP contribution in [0.5, 0.6) is 5.75 Å². The summed E-state index contributed by atoms with van der Waals surface area (Å²) in [6.07, 6.45) is 3.85. The molecule has 3 rings (SSSR count). The van der Waals surface area contributed by atoms with Gasteiger partial charge in [0.25, 0.3) is 5.91 Å². The zero-order valence-electron chi connectivity index (χ0n) is 16.1. The van der Waals surface area contributed by atoms with E-state index >= 15 is 0 Å². The van der Waals surface area contributed by atoms with Gasteiger partial charge in [-0.25, -0.2) is 4.98 Å². The fourth-order valence-corrected chi connectivity index (χ4v) is 3.27. The van der Waals surface area contributed by atoms with Crippen molar-refractivity contribution < 1.29 is 9.53 Å². The molecule has 0 unspecified atom stereocenters. The average molecular weight is 368 g/mol. The second-order valence-corrected chi connectivity index (χ2v) is 6.66. The van der Waals surface area contributed by atoms with E-state index in [1.807, 2.05) is 30.3 Å². The van der Waals surface area contributed by atoms with Gasteiger partial charge in [0.2, 0.25) is 0 Å². The molecule has 6 heteroatoms. The number of anilines is 2. The van der Waals surface area contributed by atoms with Crippen LogP contribution >= 0.6 is 0 Å². The Hall–Kier alpha value is -2.76. The summed E-state index contributed by atoms with van der Waals surface area (Å²) in [5.74, 6) is 0.807. The lowest BCUT2D eigenvalue weighted by Crippen LogP contribution is -2.46. The Morgan fingerprint density at radius 1 is 1.11 bits per heavy atom. The molecule has 0 atom stereocenters. The minimum absolute atomic E-state index is 0.101. The van der Waals surface area contributed by atoms with Crippen molar-refractivity contribution in [2.75, 3.05) is 49.6 Å². The van der Waals surface area contributed by atoms with Gasteiger partial charge >= 0.3 is 0 Å². The number of piperazine rings is 1. The Morgan fingerprint density at radius 3 is 2.52 bits per heavy atom. The standard InChI is InChI=1S/C21H28N4O2/c1-3-4-11-22-21(26)18-10-9-17(16-23-18)24-12-14-25(15-13-24)19-7-5-6-8-20(19)27-2/h5-10,16H,3-4,11-15H2,1-2H3,(H,22,26). The first kappa shape index (κ1) is 19.0. The zero-order valence-corrected chi connectivity index (χ0v) is 16.1. The van der Waals surface area contributed by atoms with Gasteiger partial charge in [0.05, 0.1) is 24.7 Å². The number of amides is 1. The van der Waals surface area contributed by atoms with Gasteiger partial charge in [-0.3, -0.25) is 4.79 Å². The van der Waals surface area contributed by atoms with Gasteiger partial charge in [-0.15, -0.1) is 0 Å². The first-order valence-electron chi connectivity index (χ1n) is 9.60. The Morgan fingerprint density at radius 2 is 1.85 bits per heavy atom. The third-order valence-electron chi connectivity index (χ3n) is 4.87.